The molecule has 1 aromatic rings. The van der Waals surface area contributed by atoms with Crippen LogP contribution in [0.4, 0.5) is 0 Å². The zero-order valence-electron chi connectivity index (χ0n) is 11.8. The average Bonchev–Trinajstić information content (AvgIpc) is 3.30. The molecule has 0 bridgehead atoms. The lowest BCUT2D eigenvalue weighted by Gasteiger charge is -2.27. The number of carbonyl (C=O) groups is 1. The fourth-order valence-corrected chi connectivity index (χ4v) is 2.96. The minimum Gasteiger partial charge on any atom is -0.355 e. The number of rotatable bonds is 5. The van der Waals surface area contributed by atoms with E-state index in [0.29, 0.717) is 5.92 Å². The summed E-state index contributed by atoms with van der Waals surface area (Å²) in [7, 11) is 0. The van der Waals surface area contributed by atoms with Crippen molar-refractivity contribution >= 4 is 5.91 Å². The summed E-state index contributed by atoms with van der Waals surface area (Å²) in [6.07, 6.45) is 1.00. The Morgan fingerprint density at radius 1 is 1.25 bits per heavy atom. The highest BCUT2D eigenvalue weighted by atomic mass is 16.2. The van der Waals surface area contributed by atoms with Gasteiger partial charge in [-0.15, -0.1) is 0 Å². The quantitative estimate of drug-likeness (QED) is 0.834. The van der Waals surface area contributed by atoms with Gasteiger partial charge in [0.05, 0.1) is 0 Å². The summed E-state index contributed by atoms with van der Waals surface area (Å²) >= 11 is 0. The van der Waals surface area contributed by atoms with Crippen LogP contribution in [0.2, 0.25) is 0 Å². The van der Waals surface area contributed by atoms with Crippen molar-refractivity contribution in [2.45, 2.75) is 12.3 Å². The Morgan fingerprint density at radius 3 is 2.75 bits per heavy atom. The van der Waals surface area contributed by atoms with E-state index >= 15 is 0 Å². The molecule has 108 valence electrons. The van der Waals surface area contributed by atoms with Crippen LogP contribution in [0.3, 0.4) is 0 Å². The lowest BCUT2D eigenvalue weighted by molar-refractivity contribution is -0.122. The molecule has 1 aromatic carbocycles. The molecule has 2 fully saturated rings. The first-order chi connectivity index (χ1) is 9.84. The van der Waals surface area contributed by atoms with E-state index in [-0.39, 0.29) is 11.8 Å². The zero-order valence-corrected chi connectivity index (χ0v) is 11.8. The molecule has 2 unspecified atom stereocenters. The van der Waals surface area contributed by atoms with E-state index in [2.05, 4.69) is 27.7 Å². The fraction of sp³-hybridized carbons (Fsp3) is 0.562. The molecule has 1 aliphatic heterocycles. The fourth-order valence-electron chi connectivity index (χ4n) is 2.96. The van der Waals surface area contributed by atoms with Crippen LogP contribution in [0.1, 0.15) is 17.9 Å². The van der Waals surface area contributed by atoms with Crippen LogP contribution in [-0.4, -0.2) is 50.1 Å². The topological polar surface area (TPSA) is 44.4 Å². The Hall–Kier alpha value is -1.39. The molecule has 4 nitrogen and oxygen atoms in total. The highest BCUT2D eigenvalue weighted by Crippen LogP contribution is 2.47. The monoisotopic (exact) mass is 273 g/mol. The van der Waals surface area contributed by atoms with Crippen molar-refractivity contribution in [1.82, 2.24) is 15.5 Å². The number of nitrogens with zero attached hydrogens (tertiary/aromatic N) is 1. The number of piperazine rings is 1. The van der Waals surface area contributed by atoms with E-state index in [1.54, 1.807) is 0 Å². The van der Waals surface area contributed by atoms with Crippen molar-refractivity contribution in [3.05, 3.63) is 35.9 Å². The van der Waals surface area contributed by atoms with Gasteiger partial charge in [0.1, 0.15) is 0 Å². The van der Waals surface area contributed by atoms with Crippen molar-refractivity contribution in [2.24, 2.45) is 5.92 Å². The highest BCUT2D eigenvalue weighted by molar-refractivity contribution is 5.82. The molecule has 2 aliphatic rings. The Balaban J connectivity index is 1.38. The molecule has 1 saturated heterocycles. The lowest BCUT2D eigenvalue weighted by atomic mass is 10.1. The molecule has 1 amide bonds. The third-order valence-electron chi connectivity index (χ3n) is 4.29. The maximum Gasteiger partial charge on any atom is 0.223 e. The van der Waals surface area contributed by atoms with Crippen LogP contribution in [0.15, 0.2) is 30.3 Å². The van der Waals surface area contributed by atoms with Crippen LogP contribution in [0, 0.1) is 5.92 Å². The van der Waals surface area contributed by atoms with Gasteiger partial charge < -0.3 is 10.6 Å². The molecule has 2 atom stereocenters. The van der Waals surface area contributed by atoms with Crippen molar-refractivity contribution < 1.29 is 4.79 Å². The summed E-state index contributed by atoms with van der Waals surface area (Å²) in [6, 6.07) is 10.4. The van der Waals surface area contributed by atoms with Gasteiger partial charge in [0.15, 0.2) is 0 Å². The van der Waals surface area contributed by atoms with Crippen molar-refractivity contribution in [1.29, 1.82) is 0 Å². The molecule has 1 heterocycles. The molecule has 0 radical (unpaired) electrons. The number of carbonyl (C=O) groups excluding carboxylic acids is 1. The minimum atomic E-state index is 0.195. The van der Waals surface area contributed by atoms with Gasteiger partial charge in [-0.05, 0) is 17.9 Å². The predicted molar refractivity (Wildman–Crippen MR) is 79.6 cm³/mol. The molecule has 1 aliphatic carbocycles. The van der Waals surface area contributed by atoms with Gasteiger partial charge in [-0.1, -0.05) is 30.3 Å². The van der Waals surface area contributed by atoms with Gasteiger partial charge in [0.25, 0.3) is 0 Å². The first-order valence-electron chi connectivity index (χ1n) is 7.60. The first-order valence-corrected chi connectivity index (χ1v) is 7.60. The maximum atomic E-state index is 12.1. The third kappa shape index (κ3) is 3.38. The van der Waals surface area contributed by atoms with Gasteiger partial charge in [0, 0.05) is 45.2 Å². The Kier molecular flexibility index (Phi) is 4.33. The largest absolute Gasteiger partial charge is 0.355 e. The molecular formula is C16H23N3O. The zero-order chi connectivity index (χ0) is 13.8. The molecular weight excluding hydrogens is 250 g/mol. The second-order valence-electron chi connectivity index (χ2n) is 5.74. The van der Waals surface area contributed by atoms with Gasteiger partial charge in [-0.3, -0.25) is 9.69 Å². The first kappa shape index (κ1) is 13.6. The normalized spacial score (nSPS) is 26.2. The third-order valence-corrected chi connectivity index (χ3v) is 4.29. The number of hydrogen-bond donors (Lipinski definition) is 2. The molecule has 0 aromatic heterocycles. The lowest BCUT2D eigenvalue weighted by Crippen LogP contribution is -2.46. The standard InChI is InChI=1S/C16H23N3O/c20-16(18-8-11-19-9-6-17-7-10-19)15-12-14(15)13-4-2-1-3-5-13/h1-5,14-15,17H,6-12H2,(H,18,20). The summed E-state index contributed by atoms with van der Waals surface area (Å²) in [6.45, 7) is 6.05. The number of hydrogen-bond acceptors (Lipinski definition) is 3. The maximum absolute atomic E-state index is 12.1. The number of nitrogens with one attached hydrogen (secondary N) is 2. The Bertz CT molecular complexity index is 442. The van der Waals surface area contributed by atoms with Crippen LogP contribution < -0.4 is 10.6 Å². The van der Waals surface area contributed by atoms with Crippen molar-refractivity contribution in [3.8, 4) is 0 Å². The van der Waals surface area contributed by atoms with Crippen LogP contribution >= 0.6 is 0 Å². The summed E-state index contributed by atoms with van der Waals surface area (Å²) in [5, 5.41) is 6.43. The SMILES string of the molecule is O=C(NCCN1CCNCC1)C1CC1c1ccccc1. The van der Waals surface area contributed by atoms with Gasteiger partial charge in [-0.2, -0.15) is 0 Å². The smallest absolute Gasteiger partial charge is 0.223 e. The molecule has 20 heavy (non-hydrogen) atoms. The van der Waals surface area contributed by atoms with Gasteiger partial charge in [-0.25, -0.2) is 0 Å². The Labute approximate surface area is 120 Å². The average molecular weight is 273 g/mol. The van der Waals surface area contributed by atoms with Gasteiger partial charge in [0.2, 0.25) is 5.91 Å². The highest BCUT2D eigenvalue weighted by Gasteiger charge is 2.43. The minimum absolute atomic E-state index is 0.195. The van der Waals surface area contributed by atoms with E-state index in [9.17, 15) is 4.79 Å². The van der Waals surface area contributed by atoms with E-state index in [0.717, 1.165) is 45.7 Å². The second kappa shape index (κ2) is 6.37. The van der Waals surface area contributed by atoms with Crippen molar-refractivity contribution in [2.75, 3.05) is 39.3 Å². The van der Waals surface area contributed by atoms with Crippen LogP contribution in [0.5, 0.6) is 0 Å². The van der Waals surface area contributed by atoms with Crippen LogP contribution in [-0.2, 0) is 4.79 Å². The molecule has 1 saturated carbocycles. The van der Waals surface area contributed by atoms with E-state index in [4.69, 9.17) is 0 Å². The van der Waals surface area contributed by atoms with Crippen molar-refractivity contribution in [3.63, 3.8) is 0 Å². The van der Waals surface area contributed by atoms with E-state index in [1.807, 2.05) is 18.2 Å². The van der Waals surface area contributed by atoms with E-state index in [1.165, 1.54) is 5.56 Å². The predicted octanol–water partition coefficient (Wildman–Crippen LogP) is 0.812. The molecule has 0 spiro atoms. The molecule has 3 rings (SSSR count). The second-order valence-corrected chi connectivity index (χ2v) is 5.74. The van der Waals surface area contributed by atoms with Crippen LogP contribution in [0.25, 0.3) is 0 Å². The number of benzene rings is 1. The summed E-state index contributed by atoms with van der Waals surface area (Å²) in [5.41, 5.74) is 1.30. The summed E-state index contributed by atoms with van der Waals surface area (Å²) < 4.78 is 0. The summed E-state index contributed by atoms with van der Waals surface area (Å²) in [4.78, 5) is 14.5. The Morgan fingerprint density at radius 2 is 2.00 bits per heavy atom. The van der Waals surface area contributed by atoms with E-state index < -0.39 is 0 Å². The molecule has 4 heteroatoms. The number of amides is 1. The molecule has 2 N–H and O–H groups in total. The summed E-state index contributed by atoms with van der Waals surface area (Å²) in [5.74, 6) is 0.866. The van der Waals surface area contributed by atoms with Gasteiger partial charge >= 0.3 is 0 Å².